The first kappa shape index (κ1) is 11.1. The fraction of sp³-hybridized carbons (Fsp3) is 0.889. The lowest BCUT2D eigenvalue weighted by atomic mass is 9.89. The van der Waals surface area contributed by atoms with Gasteiger partial charge in [-0.2, -0.15) is 0 Å². The number of halogens is 2. The summed E-state index contributed by atoms with van der Waals surface area (Å²) in [6.07, 6.45) is 4.14. The van der Waals surface area contributed by atoms with Gasteiger partial charge in [0.05, 0.1) is 0 Å². The van der Waals surface area contributed by atoms with Crippen molar-refractivity contribution >= 4 is 29.2 Å². The molecule has 0 unspecified atom stereocenters. The second-order valence-electron chi connectivity index (χ2n) is 3.62. The van der Waals surface area contributed by atoms with Gasteiger partial charge in [0.2, 0.25) is 4.84 Å². The Morgan fingerprint density at radius 3 is 2.31 bits per heavy atom. The molecular weight excluding hydrogens is 211 g/mol. The van der Waals surface area contributed by atoms with E-state index in [9.17, 15) is 4.79 Å². The predicted molar refractivity (Wildman–Crippen MR) is 53.0 cm³/mol. The molecule has 0 atom stereocenters. The average Bonchev–Trinajstić information content (AvgIpc) is 2.08. The van der Waals surface area contributed by atoms with Crippen molar-refractivity contribution in [2.75, 3.05) is 0 Å². The van der Waals surface area contributed by atoms with Gasteiger partial charge < -0.3 is 4.74 Å². The maximum absolute atomic E-state index is 11.0. The highest BCUT2D eigenvalue weighted by atomic mass is 35.5. The maximum Gasteiger partial charge on any atom is 0.339 e. The van der Waals surface area contributed by atoms with Gasteiger partial charge in [-0.3, -0.25) is 0 Å². The molecule has 0 amide bonds. The molecule has 1 saturated carbocycles. The molecule has 0 spiro atoms. The summed E-state index contributed by atoms with van der Waals surface area (Å²) in [7, 11) is 0. The predicted octanol–water partition coefficient (Wildman–Crippen LogP) is 2.91. The van der Waals surface area contributed by atoms with Crippen LogP contribution >= 0.6 is 23.2 Å². The average molecular weight is 225 g/mol. The zero-order valence-corrected chi connectivity index (χ0v) is 9.14. The summed E-state index contributed by atoms with van der Waals surface area (Å²) in [5.74, 6) is 0.237. The summed E-state index contributed by atoms with van der Waals surface area (Å²) in [5.41, 5.74) is 0. The third kappa shape index (κ3) is 3.74. The Kier molecular flexibility index (Phi) is 4.33. The van der Waals surface area contributed by atoms with Crippen LogP contribution in [0.2, 0.25) is 0 Å². The zero-order valence-electron chi connectivity index (χ0n) is 7.63. The zero-order chi connectivity index (χ0) is 9.84. The van der Waals surface area contributed by atoms with Crippen molar-refractivity contribution in [3.05, 3.63) is 0 Å². The van der Waals surface area contributed by atoms with Gasteiger partial charge in [-0.1, -0.05) is 30.1 Å². The highest BCUT2D eigenvalue weighted by Gasteiger charge is 2.23. The van der Waals surface area contributed by atoms with E-state index in [4.69, 9.17) is 27.9 Å². The molecule has 0 aliphatic heterocycles. The number of esters is 1. The molecule has 0 bridgehead atoms. The summed E-state index contributed by atoms with van der Waals surface area (Å²) in [4.78, 5) is 9.96. The second-order valence-corrected chi connectivity index (χ2v) is 4.72. The first-order valence-corrected chi connectivity index (χ1v) is 5.45. The lowest BCUT2D eigenvalue weighted by Crippen LogP contribution is -2.26. The van der Waals surface area contributed by atoms with Crippen molar-refractivity contribution in [3.63, 3.8) is 0 Å². The van der Waals surface area contributed by atoms with Crippen LogP contribution < -0.4 is 0 Å². The minimum atomic E-state index is -1.04. The van der Waals surface area contributed by atoms with E-state index < -0.39 is 10.8 Å². The van der Waals surface area contributed by atoms with E-state index in [1.165, 1.54) is 0 Å². The van der Waals surface area contributed by atoms with Gasteiger partial charge in [-0.25, -0.2) is 4.79 Å². The number of carbonyl (C=O) groups is 1. The Morgan fingerprint density at radius 1 is 1.31 bits per heavy atom. The molecule has 0 aromatic heterocycles. The topological polar surface area (TPSA) is 26.3 Å². The van der Waals surface area contributed by atoms with Crippen LogP contribution in [-0.4, -0.2) is 16.9 Å². The number of hydrogen-bond donors (Lipinski definition) is 0. The molecule has 76 valence electrons. The number of rotatable bonds is 2. The highest BCUT2D eigenvalue weighted by molar-refractivity contribution is 6.52. The molecular formula is C9H14Cl2O2. The van der Waals surface area contributed by atoms with Crippen molar-refractivity contribution in [3.8, 4) is 0 Å². The highest BCUT2D eigenvalue weighted by Crippen LogP contribution is 2.26. The molecule has 0 radical (unpaired) electrons. The Balaban J connectivity index is 2.26. The number of alkyl halides is 2. The van der Waals surface area contributed by atoms with Crippen molar-refractivity contribution < 1.29 is 9.53 Å². The summed E-state index contributed by atoms with van der Waals surface area (Å²) >= 11 is 10.7. The fourth-order valence-corrected chi connectivity index (χ4v) is 1.67. The first-order chi connectivity index (χ1) is 6.09. The van der Waals surface area contributed by atoms with Crippen LogP contribution in [0.1, 0.15) is 32.6 Å². The quantitative estimate of drug-likeness (QED) is 0.533. The number of ether oxygens (including phenoxy) is 1. The summed E-state index contributed by atoms with van der Waals surface area (Å²) in [6, 6.07) is 0. The normalized spacial score (nSPS) is 28.9. The molecule has 1 rings (SSSR count). The van der Waals surface area contributed by atoms with Crippen molar-refractivity contribution in [1.82, 2.24) is 0 Å². The third-order valence-electron chi connectivity index (χ3n) is 2.42. The Bertz CT molecular complexity index is 174. The fourth-order valence-electron chi connectivity index (χ4n) is 1.56. The second kappa shape index (κ2) is 5.06. The molecule has 0 saturated heterocycles. The van der Waals surface area contributed by atoms with Crippen LogP contribution in [0.15, 0.2) is 0 Å². The Morgan fingerprint density at radius 2 is 1.85 bits per heavy atom. The van der Waals surface area contributed by atoms with E-state index in [1.54, 1.807) is 0 Å². The van der Waals surface area contributed by atoms with Crippen LogP contribution in [0.3, 0.4) is 0 Å². The third-order valence-corrected chi connectivity index (χ3v) is 2.78. The maximum atomic E-state index is 11.0. The van der Waals surface area contributed by atoms with Gasteiger partial charge in [-0.05, 0) is 31.6 Å². The van der Waals surface area contributed by atoms with Gasteiger partial charge >= 0.3 is 5.97 Å². The molecule has 0 N–H and O–H groups in total. The van der Waals surface area contributed by atoms with E-state index in [0.717, 1.165) is 31.6 Å². The molecule has 0 aromatic carbocycles. The van der Waals surface area contributed by atoms with Crippen LogP contribution in [0.25, 0.3) is 0 Å². The standard InChI is InChI=1S/C9H14Cl2O2/c1-6-2-4-7(5-3-6)13-9(12)8(10)11/h6-8H,2-5H2,1H3. The SMILES string of the molecule is CC1CCC(OC(=O)C(Cl)Cl)CC1. The van der Waals surface area contributed by atoms with Gasteiger partial charge in [0, 0.05) is 0 Å². The molecule has 1 aliphatic rings. The minimum absolute atomic E-state index is 0.0312. The van der Waals surface area contributed by atoms with Gasteiger partial charge in [-0.15, -0.1) is 0 Å². The van der Waals surface area contributed by atoms with E-state index in [0.29, 0.717) is 0 Å². The minimum Gasteiger partial charge on any atom is -0.460 e. The molecule has 0 heterocycles. The van der Waals surface area contributed by atoms with Gasteiger partial charge in [0.1, 0.15) is 6.10 Å². The smallest absolute Gasteiger partial charge is 0.339 e. The first-order valence-electron chi connectivity index (χ1n) is 4.58. The molecule has 4 heteroatoms. The molecule has 1 fully saturated rings. The summed E-state index contributed by atoms with van der Waals surface area (Å²) in [6.45, 7) is 2.21. The lowest BCUT2D eigenvalue weighted by molar-refractivity contribution is -0.148. The molecule has 0 aromatic rings. The summed E-state index contributed by atoms with van der Waals surface area (Å²) in [5, 5.41) is 0. The summed E-state index contributed by atoms with van der Waals surface area (Å²) < 4.78 is 5.10. The van der Waals surface area contributed by atoms with E-state index >= 15 is 0 Å². The van der Waals surface area contributed by atoms with E-state index in [-0.39, 0.29) is 6.10 Å². The van der Waals surface area contributed by atoms with E-state index in [2.05, 4.69) is 6.92 Å². The number of hydrogen-bond acceptors (Lipinski definition) is 2. The Hall–Kier alpha value is 0.0500. The van der Waals surface area contributed by atoms with Crippen LogP contribution in [0.5, 0.6) is 0 Å². The van der Waals surface area contributed by atoms with E-state index in [1.807, 2.05) is 0 Å². The lowest BCUT2D eigenvalue weighted by Gasteiger charge is -2.26. The van der Waals surface area contributed by atoms with Crippen molar-refractivity contribution in [2.45, 2.75) is 43.5 Å². The molecule has 1 aliphatic carbocycles. The van der Waals surface area contributed by atoms with Gasteiger partial charge in [0.15, 0.2) is 0 Å². The van der Waals surface area contributed by atoms with Crippen molar-refractivity contribution in [2.24, 2.45) is 5.92 Å². The van der Waals surface area contributed by atoms with Crippen LogP contribution in [0, 0.1) is 5.92 Å². The monoisotopic (exact) mass is 224 g/mol. The largest absolute Gasteiger partial charge is 0.460 e. The van der Waals surface area contributed by atoms with Crippen molar-refractivity contribution in [1.29, 1.82) is 0 Å². The van der Waals surface area contributed by atoms with Gasteiger partial charge in [0.25, 0.3) is 0 Å². The molecule has 13 heavy (non-hydrogen) atoms. The Labute approximate surface area is 88.5 Å². The molecule has 2 nitrogen and oxygen atoms in total. The number of carbonyl (C=O) groups excluding carboxylic acids is 1. The van der Waals surface area contributed by atoms with Crippen LogP contribution in [-0.2, 0) is 9.53 Å². The van der Waals surface area contributed by atoms with Crippen LogP contribution in [0.4, 0.5) is 0 Å².